The van der Waals surface area contributed by atoms with Crippen LogP contribution in [-0.4, -0.2) is 9.91 Å². The summed E-state index contributed by atoms with van der Waals surface area (Å²) in [6.07, 6.45) is 0. The van der Waals surface area contributed by atoms with Gasteiger partial charge in [0.15, 0.2) is 5.58 Å². The van der Waals surface area contributed by atoms with Crippen molar-refractivity contribution in [1.82, 2.24) is 4.98 Å². The number of nitro groups is 1. The molecule has 6 nitrogen and oxygen atoms in total. The van der Waals surface area contributed by atoms with Crippen molar-refractivity contribution in [2.24, 2.45) is 0 Å². The standard InChI is InChI=1S/C14H13N3O3S/c1-8-3-6-13(21-8)9(2)15-14-16-11-7-10(17(18)19)4-5-12(11)20-14/h3-7,9H,1-2H3,(H,15,16). The van der Waals surface area contributed by atoms with Crippen molar-refractivity contribution >= 4 is 34.1 Å². The van der Waals surface area contributed by atoms with Crippen LogP contribution in [0.4, 0.5) is 11.7 Å². The molecule has 0 amide bonds. The summed E-state index contributed by atoms with van der Waals surface area (Å²) in [6.45, 7) is 4.07. The topological polar surface area (TPSA) is 81.2 Å². The van der Waals surface area contributed by atoms with Crippen LogP contribution < -0.4 is 5.32 Å². The molecule has 1 N–H and O–H groups in total. The number of nitro benzene ring substituents is 1. The molecule has 1 aromatic carbocycles. The number of oxazole rings is 1. The van der Waals surface area contributed by atoms with Gasteiger partial charge in [0.25, 0.3) is 11.7 Å². The predicted octanol–water partition coefficient (Wildman–Crippen LogP) is 4.28. The van der Waals surface area contributed by atoms with Gasteiger partial charge < -0.3 is 9.73 Å². The zero-order valence-corrected chi connectivity index (χ0v) is 12.3. The van der Waals surface area contributed by atoms with E-state index in [1.165, 1.54) is 21.9 Å². The molecule has 0 radical (unpaired) electrons. The first-order chi connectivity index (χ1) is 10.0. The number of nitrogens with zero attached hydrogens (tertiary/aromatic N) is 2. The highest BCUT2D eigenvalue weighted by Crippen LogP contribution is 2.28. The van der Waals surface area contributed by atoms with Crippen molar-refractivity contribution in [1.29, 1.82) is 0 Å². The van der Waals surface area contributed by atoms with Crippen LogP contribution >= 0.6 is 11.3 Å². The van der Waals surface area contributed by atoms with Crippen molar-refractivity contribution in [3.63, 3.8) is 0 Å². The third kappa shape index (κ3) is 2.73. The normalized spacial score (nSPS) is 12.5. The van der Waals surface area contributed by atoms with Crippen molar-refractivity contribution in [2.75, 3.05) is 5.32 Å². The van der Waals surface area contributed by atoms with E-state index in [2.05, 4.69) is 29.4 Å². The highest BCUT2D eigenvalue weighted by Gasteiger charge is 2.14. The summed E-state index contributed by atoms with van der Waals surface area (Å²) in [7, 11) is 0. The second-order valence-electron chi connectivity index (χ2n) is 4.74. The van der Waals surface area contributed by atoms with Gasteiger partial charge in [-0.05, 0) is 32.0 Å². The number of hydrogen-bond donors (Lipinski definition) is 1. The van der Waals surface area contributed by atoms with E-state index >= 15 is 0 Å². The molecular formula is C14H13N3O3S. The average molecular weight is 303 g/mol. The molecule has 1 unspecified atom stereocenters. The van der Waals surface area contributed by atoms with Crippen molar-refractivity contribution < 1.29 is 9.34 Å². The molecule has 21 heavy (non-hydrogen) atoms. The van der Waals surface area contributed by atoms with Crippen LogP contribution in [0.1, 0.15) is 22.7 Å². The maximum absolute atomic E-state index is 10.7. The van der Waals surface area contributed by atoms with Gasteiger partial charge in [-0.3, -0.25) is 10.1 Å². The second kappa shape index (κ2) is 5.17. The quantitative estimate of drug-likeness (QED) is 0.574. The van der Waals surface area contributed by atoms with E-state index in [-0.39, 0.29) is 11.7 Å². The van der Waals surface area contributed by atoms with Crippen LogP contribution in [0.25, 0.3) is 11.1 Å². The summed E-state index contributed by atoms with van der Waals surface area (Å²) in [5, 5.41) is 13.9. The smallest absolute Gasteiger partial charge is 0.296 e. The molecule has 1 atom stereocenters. The molecule has 3 aromatic rings. The molecule has 0 saturated carbocycles. The lowest BCUT2D eigenvalue weighted by Crippen LogP contribution is -2.04. The molecule has 0 spiro atoms. The first-order valence-electron chi connectivity index (χ1n) is 6.41. The Hall–Kier alpha value is -2.41. The molecule has 0 aliphatic rings. The van der Waals surface area contributed by atoms with E-state index in [0.29, 0.717) is 17.1 Å². The first kappa shape index (κ1) is 13.6. The monoisotopic (exact) mass is 303 g/mol. The predicted molar refractivity (Wildman–Crippen MR) is 81.8 cm³/mol. The zero-order valence-electron chi connectivity index (χ0n) is 11.5. The average Bonchev–Trinajstić information content (AvgIpc) is 3.03. The Bertz CT molecular complexity index is 809. The number of thiophene rings is 1. The minimum Gasteiger partial charge on any atom is -0.424 e. The number of aromatic nitrogens is 1. The van der Waals surface area contributed by atoms with Crippen LogP contribution in [0.3, 0.4) is 0 Å². The van der Waals surface area contributed by atoms with E-state index in [1.807, 2.05) is 6.92 Å². The first-order valence-corrected chi connectivity index (χ1v) is 7.22. The van der Waals surface area contributed by atoms with Crippen LogP contribution in [0.5, 0.6) is 0 Å². The number of rotatable bonds is 4. The van der Waals surface area contributed by atoms with Gasteiger partial charge >= 0.3 is 0 Å². The number of fused-ring (bicyclic) bond motifs is 1. The highest BCUT2D eigenvalue weighted by atomic mass is 32.1. The molecule has 0 aliphatic carbocycles. The van der Waals surface area contributed by atoms with Crippen molar-refractivity contribution in [3.8, 4) is 0 Å². The lowest BCUT2D eigenvalue weighted by atomic mass is 10.3. The highest BCUT2D eigenvalue weighted by molar-refractivity contribution is 7.12. The number of nitrogens with one attached hydrogen (secondary N) is 1. The molecule has 0 aliphatic heterocycles. The Morgan fingerprint density at radius 3 is 2.86 bits per heavy atom. The molecule has 3 rings (SSSR count). The largest absolute Gasteiger partial charge is 0.424 e. The van der Waals surface area contributed by atoms with Gasteiger partial charge in [-0.25, -0.2) is 0 Å². The maximum Gasteiger partial charge on any atom is 0.296 e. The van der Waals surface area contributed by atoms with E-state index < -0.39 is 4.92 Å². The van der Waals surface area contributed by atoms with Gasteiger partial charge in [0, 0.05) is 21.9 Å². The third-order valence-electron chi connectivity index (χ3n) is 3.11. The van der Waals surface area contributed by atoms with E-state index in [9.17, 15) is 10.1 Å². The summed E-state index contributed by atoms with van der Waals surface area (Å²) in [4.78, 5) is 17.0. The van der Waals surface area contributed by atoms with Gasteiger partial charge in [-0.15, -0.1) is 11.3 Å². The van der Waals surface area contributed by atoms with Crippen LogP contribution in [-0.2, 0) is 0 Å². The molecule has 0 saturated heterocycles. The van der Waals surface area contributed by atoms with Gasteiger partial charge in [0.05, 0.1) is 11.0 Å². The van der Waals surface area contributed by atoms with E-state index in [1.54, 1.807) is 17.4 Å². The summed E-state index contributed by atoms with van der Waals surface area (Å²) >= 11 is 1.71. The lowest BCUT2D eigenvalue weighted by Gasteiger charge is -2.09. The molecule has 108 valence electrons. The lowest BCUT2D eigenvalue weighted by molar-refractivity contribution is -0.384. The molecule has 2 aromatic heterocycles. The van der Waals surface area contributed by atoms with Crippen LogP contribution in [0, 0.1) is 17.0 Å². The third-order valence-corrected chi connectivity index (χ3v) is 4.29. The minimum absolute atomic E-state index is 0.00396. The van der Waals surface area contributed by atoms with Gasteiger partial charge in [0.2, 0.25) is 0 Å². The van der Waals surface area contributed by atoms with Gasteiger partial charge in [-0.2, -0.15) is 4.98 Å². The van der Waals surface area contributed by atoms with Crippen LogP contribution in [0.15, 0.2) is 34.7 Å². The van der Waals surface area contributed by atoms with E-state index in [0.717, 1.165) is 0 Å². The number of non-ortho nitro benzene ring substituents is 1. The fraction of sp³-hybridized carbons (Fsp3) is 0.214. The van der Waals surface area contributed by atoms with E-state index in [4.69, 9.17) is 4.42 Å². The van der Waals surface area contributed by atoms with Crippen molar-refractivity contribution in [2.45, 2.75) is 19.9 Å². The fourth-order valence-corrected chi connectivity index (χ4v) is 2.91. The number of aryl methyl sites for hydroxylation is 1. The fourth-order valence-electron chi connectivity index (χ4n) is 2.03. The Morgan fingerprint density at radius 2 is 2.19 bits per heavy atom. The zero-order chi connectivity index (χ0) is 15.0. The SMILES string of the molecule is Cc1ccc(C(C)Nc2nc3cc([N+](=O)[O-])ccc3o2)s1. The Morgan fingerprint density at radius 1 is 1.38 bits per heavy atom. The Balaban J connectivity index is 1.85. The van der Waals surface area contributed by atoms with Crippen molar-refractivity contribution in [3.05, 3.63) is 50.2 Å². The minimum atomic E-state index is -0.446. The van der Waals surface area contributed by atoms with Gasteiger partial charge in [0.1, 0.15) is 5.52 Å². The molecule has 0 fully saturated rings. The number of anilines is 1. The molecule has 0 bridgehead atoms. The summed E-state index contributed by atoms with van der Waals surface area (Å²) in [5.41, 5.74) is 1.00. The Kier molecular flexibility index (Phi) is 3.34. The molecule has 7 heteroatoms. The number of benzene rings is 1. The molecule has 2 heterocycles. The summed E-state index contributed by atoms with van der Waals surface area (Å²) in [6, 6.07) is 8.92. The maximum atomic E-state index is 10.7. The summed E-state index contributed by atoms with van der Waals surface area (Å²) < 4.78 is 5.56. The second-order valence-corrected chi connectivity index (χ2v) is 6.06. The Labute approximate surface area is 124 Å². The van der Waals surface area contributed by atoms with Gasteiger partial charge in [-0.1, -0.05) is 0 Å². The number of hydrogen-bond acceptors (Lipinski definition) is 6. The summed E-state index contributed by atoms with van der Waals surface area (Å²) in [5.74, 6) is 0. The molecular weight excluding hydrogens is 290 g/mol. The van der Waals surface area contributed by atoms with Crippen LogP contribution in [0.2, 0.25) is 0 Å².